The van der Waals surface area contributed by atoms with Gasteiger partial charge in [0, 0.05) is 29.3 Å². The third-order valence-electron chi connectivity index (χ3n) is 6.77. The Balaban J connectivity index is 1.27. The standard InChI is InChI=1S/C28H25ClN4O6/c1-36-19-8-15-6-7-37-26(15)23(10-19)39-17-4-5-20(22(29)9-17)25(35)21-11-30-27-24(21)28(32-14-31-27)33-16-2-3-18(12-34)38-13-16/h4-11,14,16,18,34H,2-3,12-13H2,1H3,(H2,30,31,32,33)/t16-,18+/m1/s1. The molecule has 0 aliphatic carbocycles. The molecule has 0 amide bonds. The van der Waals surface area contributed by atoms with Gasteiger partial charge in [-0.3, -0.25) is 4.79 Å². The van der Waals surface area contributed by atoms with Crippen molar-refractivity contribution in [2.45, 2.75) is 25.0 Å². The highest BCUT2D eigenvalue weighted by atomic mass is 35.5. The minimum absolute atomic E-state index is 0.00174. The first-order valence-corrected chi connectivity index (χ1v) is 12.8. The smallest absolute Gasteiger partial charge is 0.196 e. The van der Waals surface area contributed by atoms with E-state index in [0.717, 1.165) is 18.2 Å². The van der Waals surface area contributed by atoms with Gasteiger partial charge >= 0.3 is 0 Å². The van der Waals surface area contributed by atoms with Gasteiger partial charge in [0.1, 0.15) is 29.3 Å². The lowest BCUT2D eigenvalue weighted by atomic mass is 10.0. The normalized spacial score (nSPS) is 17.4. The number of aromatic amines is 1. The Kier molecular flexibility index (Phi) is 6.82. The number of nitrogens with zero attached hydrogens (tertiary/aromatic N) is 2. The maximum absolute atomic E-state index is 13.6. The Morgan fingerprint density at radius 3 is 2.85 bits per heavy atom. The van der Waals surface area contributed by atoms with Crippen LogP contribution in [0.4, 0.5) is 5.82 Å². The summed E-state index contributed by atoms with van der Waals surface area (Å²) < 4.78 is 22.7. The van der Waals surface area contributed by atoms with E-state index in [4.69, 9.17) is 30.2 Å². The Morgan fingerprint density at radius 2 is 2.08 bits per heavy atom. The van der Waals surface area contributed by atoms with E-state index in [0.29, 0.717) is 57.4 Å². The van der Waals surface area contributed by atoms with Crippen molar-refractivity contribution in [3.05, 3.63) is 71.3 Å². The van der Waals surface area contributed by atoms with E-state index in [1.54, 1.807) is 43.8 Å². The zero-order chi connectivity index (χ0) is 26.9. The first-order chi connectivity index (χ1) is 19.0. The number of halogens is 1. The molecule has 1 aliphatic rings. The van der Waals surface area contributed by atoms with Crippen molar-refractivity contribution in [1.82, 2.24) is 15.0 Å². The van der Waals surface area contributed by atoms with Crippen molar-refractivity contribution in [1.29, 1.82) is 0 Å². The summed E-state index contributed by atoms with van der Waals surface area (Å²) >= 11 is 6.59. The molecule has 0 bridgehead atoms. The number of aliphatic hydroxyl groups excluding tert-OH is 1. The number of carbonyl (C=O) groups excluding carboxylic acids is 1. The summed E-state index contributed by atoms with van der Waals surface area (Å²) in [5, 5.41) is 14.3. The number of methoxy groups -OCH3 is 1. The number of ketones is 1. The maximum atomic E-state index is 13.6. The van der Waals surface area contributed by atoms with Crippen LogP contribution in [0.2, 0.25) is 5.02 Å². The number of H-pyrrole nitrogens is 1. The van der Waals surface area contributed by atoms with Crippen LogP contribution in [0.15, 0.2) is 59.6 Å². The molecule has 2 atom stereocenters. The highest BCUT2D eigenvalue weighted by Crippen LogP contribution is 2.37. The molecule has 200 valence electrons. The Labute approximate surface area is 227 Å². The number of ether oxygens (including phenoxy) is 3. The molecule has 5 aromatic rings. The molecule has 0 saturated carbocycles. The van der Waals surface area contributed by atoms with E-state index in [1.165, 1.54) is 6.33 Å². The van der Waals surface area contributed by atoms with Gasteiger partial charge in [0.2, 0.25) is 0 Å². The number of aromatic nitrogens is 3. The predicted octanol–water partition coefficient (Wildman–Crippen LogP) is 5.34. The van der Waals surface area contributed by atoms with E-state index >= 15 is 0 Å². The van der Waals surface area contributed by atoms with Crippen molar-refractivity contribution < 1.29 is 28.5 Å². The van der Waals surface area contributed by atoms with Crippen LogP contribution in [-0.2, 0) is 4.74 Å². The predicted molar refractivity (Wildman–Crippen MR) is 145 cm³/mol. The average Bonchev–Trinajstić information content (AvgIpc) is 3.61. The monoisotopic (exact) mass is 548 g/mol. The molecule has 0 radical (unpaired) electrons. The maximum Gasteiger partial charge on any atom is 0.196 e. The SMILES string of the molecule is COc1cc(Oc2ccc(C(=O)c3c[nH]c4ncnc(N[C@@H]5CC[C@@H](CO)OC5)c34)c(Cl)c2)c2occc2c1. The van der Waals surface area contributed by atoms with E-state index in [9.17, 15) is 9.90 Å². The second-order valence-corrected chi connectivity index (χ2v) is 9.65. The van der Waals surface area contributed by atoms with Gasteiger partial charge in [0.05, 0.1) is 54.7 Å². The fourth-order valence-electron chi connectivity index (χ4n) is 4.74. The minimum Gasteiger partial charge on any atom is -0.497 e. The second-order valence-electron chi connectivity index (χ2n) is 9.24. The minimum atomic E-state index is -0.286. The molecule has 39 heavy (non-hydrogen) atoms. The number of nitrogens with one attached hydrogen (secondary N) is 2. The number of aliphatic hydroxyl groups is 1. The van der Waals surface area contributed by atoms with E-state index in [-0.39, 0.29) is 29.6 Å². The summed E-state index contributed by atoms with van der Waals surface area (Å²) in [7, 11) is 1.58. The molecule has 3 N–H and O–H groups in total. The van der Waals surface area contributed by atoms with Crippen LogP contribution in [0.3, 0.4) is 0 Å². The molecule has 1 fully saturated rings. The molecule has 10 nitrogen and oxygen atoms in total. The summed E-state index contributed by atoms with van der Waals surface area (Å²) in [6.45, 7) is 0.424. The highest BCUT2D eigenvalue weighted by molar-refractivity contribution is 6.35. The molecule has 3 aromatic heterocycles. The van der Waals surface area contributed by atoms with Crippen molar-refractivity contribution in [3.63, 3.8) is 0 Å². The van der Waals surface area contributed by atoms with E-state index in [2.05, 4.69) is 20.3 Å². The van der Waals surface area contributed by atoms with Crippen LogP contribution < -0.4 is 14.8 Å². The van der Waals surface area contributed by atoms with E-state index < -0.39 is 0 Å². The fraction of sp³-hybridized carbons (Fsp3) is 0.250. The molecule has 0 unspecified atom stereocenters. The summed E-state index contributed by atoms with van der Waals surface area (Å²) in [4.78, 5) is 25.4. The first-order valence-electron chi connectivity index (χ1n) is 12.4. The number of carbonyl (C=O) groups is 1. The summed E-state index contributed by atoms with van der Waals surface area (Å²) in [6.07, 6.45) is 6.00. The van der Waals surface area contributed by atoms with Crippen molar-refractivity contribution in [2.24, 2.45) is 0 Å². The fourth-order valence-corrected chi connectivity index (χ4v) is 5.00. The zero-order valence-electron chi connectivity index (χ0n) is 20.9. The molecule has 1 aliphatic heterocycles. The average molecular weight is 549 g/mol. The Bertz CT molecular complexity index is 1660. The molecule has 0 spiro atoms. The number of hydrogen-bond acceptors (Lipinski definition) is 9. The summed E-state index contributed by atoms with van der Waals surface area (Å²) in [5.74, 6) is 1.76. The van der Waals surface area contributed by atoms with Gasteiger partial charge in [-0.15, -0.1) is 0 Å². The molecule has 11 heteroatoms. The van der Waals surface area contributed by atoms with E-state index in [1.807, 2.05) is 12.1 Å². The number of benzene rings is 2. The lowest BCUT2D eigenvalue weighted by Gasteiger charge is -2.29. The van der Waals surface area contributed by atoms with Crippen LogP contribution >= 0.6 is 11.6 Å². The van der Waals surface area contributed by atoms with Crippen molar-refractivity contribution in [3.8, 4) is 17.2 Å². The Hall–Kier alpha value is -4.12. The zero-order valence-corrected chi connectivity index (χ0v) is 21.7. The third-order valence-corrected chi connectivity index (χ3v) is 7.08. The topological polar surface area (TPSA) is 132 Å². The number of furan rings is 1. The first kappa shape index (κ1) is 25.2. The Morgan fingerprint density at radius 1 is 1.18 bits per heavy atom. The number of anilines is 1. The molecule has 6 rings (SSSR count). The third kappa shape index (κ3) is 4.89. The highest BCUT2D eigenvalue weighted by Gasteiger charge is 2.25. The van der Waals surface area contributed by atoms with Gasteiger partial charge in [-0.1, -0.05) is 11.6 Å². The lowest BCUT2D eigenvalue weighted by Crippen LogP contribution is -2.36. The second kappa shape index (κ2) is 10.6. The molecular weight excluding hydrogens is 524 g/mol. The number of hydrogen-bond donors (Lipinski definition) is 3. The largest absolute Gasteiger partial charge is 0.497 e. The van der Waals surface area contributed by atoms with Gasteiger partial charge in [-0.05, 0) is 37.1 Å². The van der Waals surface area contributed by atoms with Crippen LogP contribution in [0.5, 0.6) is 17.2 Å². The quantitative estimate of drug-likeness (QED) is 0.220. The van der Waals surface area contributed by atoms with Gasteiger partial charge in [-0.2, -0.15) is 0 Å². The number of rotatable bonds is 8. The van der Waals surface area contributed by atoms with Crippen LogP contribution in [0, 0.1) is 0 Å². The van der Waals surface area contributed by atoms with Crippen molar-refractivity contribution in [2.75, 3.05) is 25.6 Å². The van der Waals surface area contributed by atoms with Crippen LogP contribution in [-0.4, -0.2) is 58.3 Å². The summed E-state index contributed by atoms with van der Waals surface area (Å²) in [6, 6.07) is 10.3. The molecule has 4 heterocycles. The van der Waals surface area contributed by atoms with Gasteiger partial charge in [-0.25, -0.2) is 9.97 Å². The molecule has 2 aromatic carbocycles. The molecular formula is C28H25ClN4O6. The molecule has 1 saturated heterocycles. The van der Waals surface area contributed by atoms with Crippen molar-refractivity contribution >= 4 is 45.2 Å². The summed E-state index contributed by atoms with van der Waals surface area (Å²) in [5.41, 5.74) is 1.79. The van der Waals surface area contributed by atoms with Crippen LogP contribution in [0.1, 0.15) is 28.8 Å². The lowest BCUT2D eigenvalue weighted by molar-refractivity contribution is -0.0224. The van der Waals surface area contributed by atoms with Gasteiger partial charge in [0.15, 0.2) is 17.1 Å². The van der Waals surface area contributed by atoms with Gasteiger partial charge < -0.3 is 34.0 Å². The number of fused-ring (bicyclic) bond motifs is 2. The van der Waals surface area contributed by atoms with Crippen LogP contribution in [0.25, 0.3) is 22.0 Å². The van der Waals surface area contributed by atoms with Gasteiger partial charge in [0.25, 0.3) is 0 Å².